The largest absolute Gasteiger partial charge is 0.396 e. The second-order valence-electron chi connectivity index (χ2n) is 6.72. The first-order valence-electron chi connectivity index (χ1n) is 8.59. The van der Waals surface area contributed by atoms with Gasteiger partial charge in [-0.1, -0.05) is 23.7 Å². The summed E-state index contributed by atoms with van der Waals surface area (Å²) >= 11 is 5.89. The van der Waals surface area contributed by atoms with E-state index >= 15 is 0 Å². The molecule has 0 spiro atoms. The first-order valence-corrected chi connectivity index (χ1v) is 8.96. The summed E-state index contributed by atoms with van der Waals surface area (Å²) in [6.45, 7) is 5.87. The zero-order valence-electron chi connectivity index (χ0n) is 13.9. The monoisotopic (exact) mass is 352 g/mol. The van der Waals surface area contributed by atoms with Crippen molar-refractivity contribution in [3.8, 4) is 0 Å². The van der Waals surface area contributed by atoms with Crippen LogP contribution in [0, 0.1) is 11.8 Å². The van der Waals surface area contributed by atoms with Gasteiger partial charge in [0.1, 0.15) is 0 Å². The molecule has 3 rings (SSSR count). The molecule has 1 aromatic rings. The number of hydrogen-bond donors (Lipinski definition) is 1. The lowest BCUT2D eigenvalue weighted by molar-refractivity contribution is -0.129. The lowest BCUT2D eigenvalue weighted by atomic mass is 9.96. The highest BCUT2D eigenvalue weighted by molar-refractivity contribution is 6.30. The summed E-state index contributed by atoms with van der Waals surface area (Å²) in [5, 5.41) is 10.4. The van der Waals surface area contributed by atoms with Crippen molar-refractivity contribution in [2.75, 3.05) is 52.5 Å². The third-order valence-electron chi connectivity index (χ3n) is 5.03. The van der Waals surface area contributed by atoms with Crippen LogP contribution in [0.1, 0.15) is 5.56 Å². The number of hydrogen-bond acceptors (Lipinski definition) is 4. The van der Waals surface area contributed by atoms with Crippen molar-refractivity contribution in [1.29, 1.82) is 0 Å². The number of carbonyl (C=O) groups is 1. The molecule has 0 saturated carbocycles. The Labute approximate surface area is 148 Å². The van der Waals surface area contributed by atoms with Crippen LogP contribution in [0.25, 0.3) is 0 Å². The highest BCUT2D eigenvalue weighted by Gasteiger charge is 2.35. The molecule has 0 aliphatic carbocycles. The number of ether oxygens (including phenoxy) is 1. The van der Waals surface area contributed by atoms with Crippen molar-refractivity contribution < 1.29 is 14.6 Å². The zero-order chi connectivity index (χ0) is 16.9. The number of amides is 1. The van der Waals surface area contributed by atoms with E-state index in [0.29, 0.717) is 23.9 Å². The van der Waals surface area contributed by atoms with Crippen molar-refractivity contribution in [3.63, 3.8) is 0 Å². The van der Waals surface area contributed by atoms with E-state index < -0.39 is 0 Å². The Kier molecular flexibility index (Phi) is 6.11. The lowest BCUT2D eigenvalue weighted by Gasteiger charge is -2.30. The Hall–Kier alpha value is -1.14. The molecule has 24 heavy (non-hydrogen) atoms. The molecule has 132 valence electrons. The van der Waals surface area contributed by atoms with Crippen molar-refractivity contribution in [1.82, 2.24) is 9.80 Å². The summed E-state index contributed by atoms with van der Waals surface area (Å²) in [5.74, 6) is 0.629. The highest BCUT2D eigenvalue weighted by Crippen LogP contribution is 2.25. The van der Waals surface area contributed by atoms with Gasteiger partial charge in [-0.3, -0.25) is 9.69 Å². The number of nitrogens with zero attached hydrogens (tertiary/aromatic N) is 2. The van der Waals surface area contributed by atoms with Crippen molar-refractivity contribution in [2.45, 2.75) is 6.42 Å². The van der Waals surface area contributed by atoms with Crippen LogP contribution in [0.15, 0.2) is 24.3 Å². The predicted molar refractivity (Wildman–Crippen MR) is 93.1 cm³/mol. The lowest BCUT2D eigenvalue weighted by Crippen LogP contribution is -2.41. The quantitative estimate of drug-likeness (QED) is 0.867. The Morgan fingerprint density at radius 1 is 1.17 bits per heavy atom. The third-order valence-corrected chi connectivity index (χ3v) is 5.28. The van der Waals surface area contributed by atoms with E-state index in [2.05, 4.69) is 4.90 Å². The molecule has 0 unspecified atom stereocenters. The molecule has 5 nitrogen and oxygen atoms in total. The summed E-state index contributed by atoms with van der Waals surface area (Å²) in [7, 11) is 0. The van der Waals surface area contributed by atoms with Crippen LogP contribution < -0.4 is 0 Å². The van der Waals surface area contributed by atoms with E-state index in [0.717, 1.165) is 45.0 Å². The van der Waals surface area contributed by atoms with Crippen LogP contribution in [0.4, 0.5) is 0 Å². The van der Waals surface area contributed by atoms with Gasteiger partial charge in [-0.05, 0) is 23.6 Å². The minimum absolute atomic E-state index is 0.125. The van der Waals surface area contributed by atoms with Gasteiger partial charge in [-0.2, -0.15) is 0 Å². The molecule has 2 aliphatic rings. The van der Waals surface area contributed by atoms with Gasteiger partial charge in [-0.25, -0.2) is 0 Å². The molecule has 2 atom stereocenters. The van der Waals surface area contributed by atoms with Gasteiger partial charge in [0.2, 0.25) is 5.91 Å². The van der Waals surface area contributed by atoms with Gasteiger partial charge < -0.3 is 14.7 Å². The fraction of sp³-hybridized carbons (Fsp3) is 0.611. The molecule has 1 N–H and O–H groups in total. The van der Waals surface area contributed by atoms with Crippen molar-refractivity contribution in [2.24, 2.45) is 11.8 Å². The summed E-state index contributed by atoms with van der Waals surface area (Å²) in [6.07, 6.45) is 0.388. The van der Waals surface area contributed by atoms with Crippen LogP contribution >= 0.6 is 11.6 Å². The maximum absolute atomic E-state index is 12.6. The molecule has 0 radical (unpaired) electrons. The number of benzene rings is 1. The van der Waals surface area contributed by atoms with Crippen LogP contribution in [0.2, 0.25) is 5.02 Å². The van der Waals surface area contributed by atoms with Crippen LogP contribution in [0.5, 0.6) is 0 Å². The third kappa shape index (κ3) is 4.48. The standard InChI is InChI=1S/C18H25ClN2O3/c19-17-3-1-14(2-4-17)9-18(23)21-11-15(16(12-21)13-22)10-20-5-7-24-8-6-20/h1-4,15-16,22H,5-13H2/t15-,16-/m1/s1. The maximum atomic E-state index is 12.6. The molecule has 2 aliphatic heterocycles. The summed E-state index contributed by atoms with van der Waals surface area (Å²) in [6, 6.07) is 7.41. The molecule has 2 saturated heterocycles. The highest BCUT2D eigenvalue weighted by atomic mass is 35.5. The number of aliphatic hydroxyl groups excluding tert-OH is 1. The number of rotatable bonds is 5. The van der Waals surface area contributed by atoms with E-state index in [1.54, 1.807) is 0 Å². The smallest absolute Gasteiger partial charge is 0.227 e. The minimum atomic E-state index is 0.125. The Balaban J connectivity index is 1.56. The fourth-order valence-corrected chi connectivity index (χ4v) is 3.69. The fourth-order valence-electron chi connectivity index (χ4n) is 3.56. The molecular formula is C18H25ClN2O3. The van der Waals surface area contributed by atoms with Crippen molar-refractivity contribution >= 4 is 17.5 Å². The van der Waals surface area contributed by atoms with Crippen LogP contribution in [-0.2, 0) is 16.0 Å². The number of morpholine rings is 1. The Bertz CT molecular complexity index is 546. The zero-order valence-corrected chi connectivity index (χ0v) is 14.6. The molecule has 2 heterocycles. The molecule has 0 bridgehead atoms. The maximum Gasteiger partial charge on any atom is 0.227 e. The number of aliphatic hydroxyl groups is 1. The van der Waals surface area contributed by atoms with E-state index in [1.807, 2.05) is 29.2 Å². The van der Waals surface area contributed by atoms with Gasteiger partial charge in [0, 0.05) is 50.3 Å². The summed E-state index contributed by atoms with van der Waals surface area (Å²) in [5.41, 5.74) is 0.974. The normalized spacial score (nSPS) is 25.2. The van der Waals surface area contributed by atoms with Gasteiger partial charge in [0.25, 0.3) is 0 Å². The molecule has 6 heteroatoms. The second-order valence-corrected chi connectivity index (χ2v) is 7.15. The van der Waals surface area contributed by atoms with Gasteiger partial charge in [0.05, 0.1) is 19.6 Å². The molecule has 1 amide bonds. The number of carbonyl (C=O) groups excluding carboxylic acids is 1. The average molecular weight is 353 g/mol. The van der Waals surface area contributed by atoms with E-state index in [-0.39, 0.29) is 18.4 Å². The predicted octanol–water partition coefficient (Wildman–Crippen LogP) is 1.28. The summed E-state index contributed by atoms with van der Waals surface area (Å²) in [4.78, 5) is 16.9. The SMILES string of the molecule is O=C(Cc1ccc(Cl)cc1)N1C[C@@H](CN2CCOCC2)[C@@H](CO)C1. The first-order chi connectivity index (χ1) is 11.7. The van der Waals surface area contributed by atoms with Crippen LogP contribution in [-0.4, -0.2) is 73.4 Å². The minimum Gasteiger partial charge on any atom is -0.396 e. The van der Waals surface area contributed by atoms with Gasteiger partial charge >= 0.3 is 0 Å². The molecule has 1 aromatic carbocycles. The van der Waals surface area contributed by atoms with Crippen molar-refractivity contribution in [3.05, 3.63) is 34.9 Å². The van der Waals surface area contributed by atoms with Gasteiger partial charge in [-0.15, -0.1) is 0 Å². The topological polar surface area (TPSA) is 53.0 Å². The Morgan fingerprint density at radius 2 is 1.83 bits per heavy atom. The summed E-state index contributed by atoms with van der Waals surface area (Å²) < 4.78 is 5.39. The van der Waals surface area contributed by atoms with E-state index in [4.69, 9.17) is 16.3 Å². The number of halogens is 1. The molecule has 2 fully saturated rings. The van der Waals surface area contributed by atoms with E-state index in [1.165, 1.54) is 0 Å². The van der Waals surface area contributed by atoms with Crippen LogP contribution in [0.3, 0.4) is 0 Å². The molecular weight excluding hydrogens is 328 g/mol. The Morgan fingerprint density at radius 3 is 2.50 bits per heavy atom. The first kappa shape index (κ1) is 17.7. The van der Waals surface area contributed by atoms with Gasteiger partial charge in [0.15, 0.2) is 0 Å². The number of likely N-dealkylation sites (tertiary alicyclic amines) is 1. The average Bonchev–Trinajstić information content (AvgIpc) is 3.01. The van der Waals surface area contributed by atoms with E-state index in [9.17, 15) is 9.90 Å². The second kappa shape index (κ2) is 8.30. The molecule has 0 aromatic heterocycles.